The molecule has 0 radical (unpaired) electrons. The normalized spacial score (nSPS) is 19.6. The van der Waals surface area contributed by atoms with Gasteiger partial charge in [-0.3, -0.25) is 9.59 Å². The molecular weight excluding hydrogens is 408 g/mol. The predicted octanol–water partition coefficient (Wildman–Crippen LogP) is 3.39. The number of hydrogen-bond donors (Lipinski definition) is 3. The number of benzene rings is 2. The molecule has 2 aromatic rings. The van der Waals surface area contributed by atoms with Crippen molar-refractivity contribution < 1.29 is 24.2 Å². The Balaban J connectivity index is 1.34. The Bertz CT molecular complexity index is 989. The van der Waals surface area contributed by atoms with Gasteiger partial charge in [-0.2, -0.15) is 0 Å². The highest BCUT2D eigenvalue weighted by Gasteiger charge is 2.43. The third-order valence-corrected chi connectivity index (χ3v) is 6.34. The van der Waals surface area contributed by atoms with Crippen LogP contribution in [0.25, 0.3) is 11.1 Å². The molecular formula is C25H28N2O5. The van der Waals surface area contributed by atoms with Crippen molar-refractivity contribution in [2.75, 3.05) is 13.2 Å². The van der Waals surface area contributed by atoms with Crippen LogP contribution in [-0.2, 0) is 14.3 Å². The van der Waals surface area contributed by atoms with Crippen molar-refractivity contribution in [1.29, 1.82) is 0 Å². The molecule has 3 N–H and O–H groups in total. The SMILES string of the molecule is CC(C)C(NC(=O)OCC1c2ccccc2-c2ccccc21)C(=O)NCC1CC1C(=O)O. The molecule has 0 spiro atoms. The highest BCUT2D eigenvalue weighted by atomic mass is 16.5. The lowest BCUT2D eigenvalue weighted by atomic mass is 9.98. The molecule has 0 heterocycles. The van der Waals surface area contributed by atoms with Gasteiger partial charge in [-0.15, -0.1) is 0 Å². The number of nitrogens with one attached hydrogen (secondary N) is 2. The number of rotatable bonds is 8. The zero-order valence-electron chi connectivity index (χ0n) is 18.2. The van der Waals surface area contributed by atoms with E-state index in [0.717, 1.165) is 22.3 Å². The maximum atomic E-state index is 12.6. The van der Waals surface area contributed by atoms with E-state index in [2.05, 4.69) is 22.8 Å². The maximum Gasteiger partial charge on any atom is 0.407 e. The summed E-state index contributed by atoms with van der Waals surface area (Å²) in [6.07, 6.45) is -0.0718. The number of fused-ring (bicyclic) bond motifs is 3. The van der Waals surface area contributed by atoms with Crippen molar-refractivity contribution in [2.24, 2.45) is 17.8 Å². The largest absolute Gasteiger partial charge is 0.481 e. The Morgan fingerprint density at radius 1 is 1.03 bits per heavy atom. The summed E-state index contributed by atoms with van der Waals surface area (Å²) < 4.78 is 5.55. The van der Waals surface area contributed by atoms with E-state index in [4.69, 9.17) is 9.84 Å². The van der Waals surface area contributed by atoms with E-state index < -0.39 is 18.1 Å². The average Bonchev–Trinajstić information content (AvgIpc) is 3.50. The maximum absolute atomic E-state index is 12.6. The lowest BCUT2D eigenvalue weighted by Gasteiger charge is -2.22. The number of ether oxygens (including phenoxy) is 1. The minimum absolute atomic E-state index is 0.0429. The molecule has 2 aliphatic rings. The number of hydrogen-bond acceptors (Lipinski definition) is 4. The van der Waals surface area contributed by atoms with E-state index in [1.165, 1.54) is 0 Å². The second kappa shape index (κ2) is 9.02. The van der Waals surface area contributed by atoms with Gasteiger partial charge in [-0.25, -0.2) is 4.79 Å². The fourth-order valence-corrected chi connectivity index (χ4v) is 4.42. The number of aliphatic carboxylic acids is 1. The van der Waals surface area contributed by atoms with Crippen LogP contribution in [0.1, 0.15) is 37.3 Å². The van der Waals surface area contributed by atoms with Gasteiger partial charge in [0.1, 0.15) is 12.6 Å². The fourth-order valence-electron chi connectivity index (χ4n) is 4.42. The van der Waals surface area contributed by atoms with Gasteiger partial charge in [-0.05, 0) is 40.5 Å². The number of carboxylic acids is 1. The van der Waals surface area contributed by atoms with Crippen LogP contribution in [0.2, 0.25) is 0 Å². The van der Waals surface area contributed by atoms with Crippen molar-refractivity contribution in [3.8, 4) is 11.1 Å². The van der Waals surface area contributed by atoms with Gasteiger partial charge in [-0.1, -0.05) is 62.4 Å². The summed E-state index contributed by atoms with van der Waals surface area (Å²) >= 11 is 0. The first kappa shape index (κ1) is 21.9. The molecule has 1 fully saturated rings. The van der Waals surface area contributed by atoms with Crippen molar-refractivity contribution >= 4 is 18.0 Å². The van der Waals surface area contributed by atoms with Gasteiger partial charge >= 0.3 is 12.1 Å². The van der Waals surface area contributed by atoms with Crippen LogP contribution in [0.15, 0.2) is 48.5 Å². The molecule has 0 aliphatic heterocycles. The lowest BCUT2D eigenvalue weighted by molar-refractivity contribution is -0.139. The van der Waals surface area contributed by atoms with E-state index in [9.17, 15) is 14.4 Å². The minimum atomic E-state index is -0.832. The molecule has 7 nitrogen and oxygen atoms in total. The van der Waals surface area contributed by atoms with E-state index >= 15 is 0 Å². The van der Waals surface area contributed by atoms with Gasteiger partial charge in [0.25, 0.3) is 0 Å². The second-order valence-electron chi connectivity index (χ2n) is 8.88. The third-order valence-electron chi connectivity index (χ3n) is 6.34. The van der Waals surface area contributed by atoms with Gasteiger partial charge < -0.3 is 20.5 Å². The molecule has 2 amide bonds. The molecule has 4 rings (SSSR count). The first-order valence-electron chi connectivity index (χ1n) is 11.0. The Morgan fingerprint density at radius 2 is 1.62 bits per heavy atom. The summed E-state index contributed by atoms with van der Waals surface area (Å²) in [5, 5.41) is 14.4. The average molecular weight is 437 g/mol. The minimum Gasteiger partial charge on any atom is -0.481 e. The van der Waals surface area contributed by atoms with Gasteiger partial charge in [0.2, 0.25) is 5.91 Å². The van der Waals surface area contributed by atoms with E-state index in [1.807, 2.05) is 50.2 Å². The molecule has 2 aromatic carbocycles. The van der Waals surface area contributed by atoms with E-state index in [0.29, 0.717) is 13.0 Å². The van der Waals surface area contributed by atoms with Crippen molar-refractivity contribution in [2.45, 2.75) is 32.2 Å². The van der Waals surface area contributed by atoms with Crippen LogP contribution >= 0.6 is 0 Å². The van der Waals surface area contributed by atoms with Crippen molar-refractivity contribution in [3.05, 3.63) is 59.7 Å². The summed E-state index contributed by atoms with van der Waals surface area (Å²) in [6.45, 7) is 4.15. The highest BCUT2D eigenvalue weighted by molar-refractivity contribution is 5.86. The van der Waals surface area contributed by atoms with Gasteiger partial charge in [0, 0.05) is 12.5 Å². The molecule has 3 atom stereocenters. The topological polar surface area (TPSA) is 105 Å². The van der Waals surface area contributed by atoms with Crippen LogP contribution in [0, 0.1) is 17.8 Å². The molecule has 32 heavy (non-hydrogen) atoms. The van der Waals surface area contributed by atoms with Crippen LogP contribution in [0.4, 0.5) is 4.79 Å². The molecule has 7 heteroatoms. The number of alkyl carbamates (subject to hydrolysis) is 1. The van der Waals surface area contributed by atoms with Crippen LogP contribution < -0.4 is 10.6 Å². The van der Waals surface area contributed by atoms with Gasteiger partial charge in [0.05, 0.1) is 5.92 Å². The molecule has 0 bridgehead atoms. The van der Waals surface area contributed by atoms with E-state index in [1.54, 1.807) is 0 Å². The fraction of sp³-hybridized carbons (Fsp3) is 0.400. The zero-order valence-corrected chi connectivity index (χ0v) is 18.2. The number of carboxylic acid groups (broad SMARTS) is 1. The Labute approximate surface area is 187 Å². The molecule has 0 aromatic heterocycles. The number of carbonyl (C=O) groups excluding carboxylic acids is 2. The zero-order chi connectivity index (χ0) is 22.8. The second-order valence-corrected chi connectivity index (χ2v) is 8.88. The Kier molecular flexibility index (Phi) is 6.17. The molecule has 1 saturated carbocycles. The first-order valence-corrected chi connectivity index (χ1v) is 11.0. The molecule has 168 valence electrons. The van der Waals surface area contributed by atoms with Gasteiger partial charge in [0.15, 0.2) is 0 Å². The van der Waals surface area contributed by atoms with Crippen molar-refractivity contribution in [1.82, 2.24) is 10.6 Å². The first-order chi connectivity index (χ1) is 15.4. The Morgan fingerprint density at radius 3 is 2.16 bits per heavy atom. The number of amides is 2. The van der Waals surface area contributed by atoms with Crippen LogP contribution in [0.5, 0.6) is 0 Å². The molecule has 2 aliphatic carbocycles. The van der Waals surface area contributed by atoms with Crippen LogP contribution in [0.3, 0.4) is 0 Å². The van der Waals surface area contributed by atoms with Crippen LogP contribution in [-0.4, -0.2) is 42.3 Å². The summed E-state index contributed by atoms with van der Waals surface area (Å²) in [5.74, 6) is -1.79. The Hall–Kier alpha value is -3.35. The van der Waals surface area contributed by atoms with E-state index in [-0.39, 0.29) is 36.2 Å². The smallest absolute Gasteiger partial charge is 0.407 e. The molecule has 0 saturated heterocycles. The van der Waals surface area contributed by atoms with Crippen molar-refractivity contribution in [3.63, 3.8) is 0 Å². The molecule has 3 unspecified atom stereocenters. The summed E-state index contributed by atoms with van der Waals surface area (Å²) in [7, 11) is 0. The highest BCUT2D eigenvalue weighted by Crippen LogP contribution is 2.44. The summed E-state index contributed by atoms with van der Waals surface area (Å²) in [4.78, 5) is 36.1. The predicted molar refractivity (Wildman–Crippen MR) is 119 cm³/mol. The lowest BCUT2D eigenvalue weighted by Crippen LogP contribution is -2.50. The standard InChI is InChI=1S/C25H28N2O5/c1-14(2)22(23(28)26-12-15-11-20(15)24(29)30)27-25(31)32-13-21-18-9-5-3-7-16(18)17-8-4-6-10-19(17)21/h3-10,14-15,20-22H,11-13H2,1-2H3,(H,26,28)(H,27,31)(H,29,30). The summed E-state index contributed by atoms with van der Waals surface area (Å²) in [6, 6.07) is 15.4. The quantitative estimate of drug-likeness (QED) is 0.588. The third kappa shape index (κ3) is 4.47. The number of carbonyl (C=O) groups is 3. The monoisotopic (exact) mass is 436 g/mol. The summed E-state index contributed by atoms with van der Waals surface area (Å²) in [5.41, 5.74) is 4.54.